The molecule has 0 spiro atoms. The summed E-state index contributed by atoms with van der Waals surface area (Å²) in [6.45, 7) is 9.33. The average molecular weight is 358 g/mol. The van der Waals surface area contributed by atoms with Gasteiger partial charge in [0.05, 0.1) is 11.5 Å². The number of hydrogen-bond donors (Lipinski definition) is 0. The standard InChI is InChI=1S/C15H22N2O4S2/c1-9(16-20-6)14-11(3)22-10(2)12(14)8-23(18,19)13-7-15(4,5)21-17-13/h7-8H2,1-6H3. The van der Waals surface area contributed by atoms with Gasteiger partial charge in [-0.3, -0.25) is 0 Å². The minimum Gasteiger partial charge on any atom is -0.399 e. The third-order valence-corrected chi connectivity index (χ3v) is 6.31. The van der Waals surface area contributed by atoms with Gasteiger partial charge in [0, 0.05) is 21.7 Å². The van der Waals surface area contributed by atoms with Gasteiger partial charge in [-0.05, 0) is 40.2 Å². The van der Waals surface area contributed by atoms with E-state index in [2.05, 4.69) is 10.3 Å². The summed E-state index contributed by atoms with van der Waals surface area (Å²) < 4.78 is 25.4. The Bertz CT molecular complexity index is 774. The molecule has 2 heterocycles. The van der Waals surface area contributed by atoms with E-state index in [0.717, 1.165) is 20.9 Å². The first-order chi connectivity index (χ1) is 10.6. The smallest absolute Gasteiger partial charge is 0.199 e. The SMILES string of the molecule is CON=C(C)c1c(C)sc(C)c1CS(=O)(=O)C1=NOC(C)(C)C1. The maximum atomic E-state index is 12.7. The second-order valence-electron chi connectivity index (χ2n) is 6.20. The molecular formula is C15H22N2O4S2. The highest BCUT2D eigenvalue weighted by molar-refractivity contribution is 8.05. The molecule has 128 valence electrons. The Morgan fingerprint density at radius 1 is 1.39 bits per heavy atom. The fourth-order valence-electron chi connectivity index (χ4n) is 2.60. The molecule has 0 N–H and O–H groups in total. The molecule has 23 heavy (non-hydrogen) atoms. The number of oxime groups is 2. The van der Waals surface area contributed by atoms with Crippen LogP contribution < -0.4 is 0 Å². The normalized spacial score (nSPS) is 17.8. The van der Waals surface area contributed by atoms with Crippen LogP contribution in [0.2, 0.25) is 0 Å². The zero-order valence-corrected chi connectivity index (χ0v) is 15.9. The van der Waals surface area contributed by atoms with Crippen LogP contribution >= 0.6 is 11.3 Å². The summed E-state index contributed by atoms with van der Waals surface area (Å²) in [5.41, 5.74) is 1.71. The number of hydrogen-bond acceptors (Lipinski definition) is 7. The molecule has 0 aromatic carbocycles. The Kier molecular flexibility index (Phi) is 4.86. The van der Waals surface area contributed by atoms with Crippen molar-refractivity contribution in [1.29, 1.82) is 0 Å². The fraction of sp³-hybridized carbons (Fsp3) is 0.600. The topological polar surface area (TPSA) is 77.3 Å². The lowest BCUT2D eigenvalue weighted by atomic mass is 10.1. The van der Waals surface area contributed by atoms with E-state index in [1.165, 1.54) is 7.11 Å². The van der Waals surface area contributed by atoms with Gasteiger partial charge in [-0.25, -0.2) is 8.42 Å². The Hall–Kier alpha value is -1.41. The highest BCUT2D eigenvalue weighted by Crippen LogP contribution is 2.32. The van der Waals surface area contributed by atoms with Crippen molar-refractivity contribution in [3.05, 3.63) is 20.9 Å². The average Bonchev–Trinajstić information content (AvgIpc) is 2.90. The molecular weight excluding hydrogens is 336 g/mol. The number of thiophene rings is 1. The van der Waals surface area contributed by atoms with Crippen LogP contribution in [0.1, 0.15) is 48.1 Å². The molecule has 6 nitrogen and oxygen atoms in total. The van der Waals surface area contributed by atoms with E-state index >= 15 is 0 Å². The molecule has 1 aromatic heterocycles. The van der Waals surface area contributed by atoms with E-state index in [1.54, 1.807) is 11.3 Å². The monoisotopic (exact) mass is 358 g/mol. The predicted octanol–water partition coefficient (Wildman–Crippen LogP) is 3.16. The molecule has 0 atom stereocenters. The van der Waals surface area contributed by atoms with E-state index in [1.807, 2.05) is 34.6 Å². The predicted molar refractivity (Wildman–Crippen MR) is 92.9 cm³/mol. The van der Waals surface area contributed by atoms with Gasteiger partial charge in [0.1, 0.15) is 12.7 Å². The van der Waals surface area contributed by atoms with Crippen molar-refractivity contribution in [3.8, 4) is 0 Å². The third kappa shape index (κ3) is 3.74. The maximum absolute atomic E-state index is 12.7. The molecule has 1 aliphatic heterocycles. The van der Waals surface area contributed by atoms with E-state index in [4.69, 9.17) is 9.68 Å². The largest absolute Gasteiger partial charge is 0.399 e. The second kappa shape index (κ2) is 6.24. The van der Waals surface area contributed by atoms with Crippen LogP contribution in [-0.4, -0.2) is 31.9 Å². The van der Waals surface area contributed by atoms with E-state index in [-0.39, 0.29) is 17.2 Å². The minimum absolute atomic E-state index is 0.104. The molecule has 0 aliphatic carbocycles. The van der Waals surface area contributed by atoms with Crippen molar-refractivity contribution >= 4 is 31.9 Å². The van der Waals surface area contributed by atoms with Crippen molar-refractivity contribution in [1.82, 2.24) is 0 Å². The summed E-state index contributed by atoms with van der Waals surface area (Å²) in [7, 11) is -2.06. The lowest BCUT2D eigenvalue weighted by Crippen LogP contribution is -2.23. The first kappa shape index (κ1) is 17.9. The van der Waals surface area contributed by atoms with Gasteiger partial charge in [0.15, 0.2) is 14.9 Å². The Balaban J connectivity index is 2.39. The second-order valence-corrected chi connectivity index (χ2v) is 9.62. The molecule has 0 amide bonds. The quantitative estimate of drug-likeness (QED) is 0.612. The molecule has 1 aliphatic rings. The van der Waals surface area contributed by atoms with Crippen LogP contribution in [0.25, 0.3) is 0 Å². The number of nitrogens with zero attached hydrogens (tertiary/aromatic N) is 2. The van der Waals surface area contributed by atoms with Gasteiger partial charge in [0.2, 0.25) is 0 Å². The summed E-state index contributed by atoms with van der Waals surface area (Å²) in [6.07, 6.45) is 0.290. The van der Waals surface area contributed by atoms with Crippen molar-refractivity contribution in [2.45, 2.75) is 52.4 Å². The maximum Gasteiger partial charge on any atom is 0.199 e. The van der Waals surface area contributed by atoms with Crippen molar-refractivity contribution in [3.63, 3.8) is 0 Å². The Morgan fingerprint density at radius 3 is 2.57 bits per heavy atom. The summed E-state index contributed by atoms with van der Waals surface area (Å²) in [5.74, 6) is -0.104. The highest BCUT2D eigenvalue weighted by atomic mass is 32.2. The number of sulfone groups is 1. The van der Waals surface area contributed by atoms with Crippen molar-refractivity contribution in [2.24, 2.45) is 10.3 Å². The van der Waals surface area contributed by atoms with E-state index in [0.29, 0.717) is 5.71 Å². The lowest BCUT2D eigenvalue weighted by molar-refractivity contribution is 0.0123. The van der Waals surface area contributed by atoms with E-state index < -0.39 is 15.4 Å². The van der Waals surface area contributed by atoms with Crippen LogP contribution in [0, 0.1) is 13.8 Å². The third-order valence-electron chi connectivity index (χ3n) is 3.64. The summed E-state index contributed by atoms with van der Waals surface area (Å²) in [5, 5.41) is 7.84. The summed E-state index contributed by atoms with van der Waals surface area (Å²) in [4.78, 5) is 12.0. The van der Waals surface area contributed by atoms with Crippen LogP contribution in [0.4, 0.5) is 0 Å². The Labute approximate surface area is 141 Å². The van der Waals surface area contributed by atoms with Gasteiger partial charge >= 0.3 is 0 Å². The first-order valence-corrected chi connectivity index (χ1v) is 9.69. The summed E-state index contributed by atoms with van der Waals surface area (Å²) in [6, 6.07) is 0. The van der Waals surface area contributed by atoms with Gasteiger partial charge in [-0.1, -0.05) is 10.3 Å². The highest BCUT2D eigenvalue weighted by Gasteiger charge is 2.36. The van der Waals surface area contributed by atoms with Crippen molar-refractivity contribution < 1.29 is 18.1 Å². The van der Waals surface area contributed by atoms with Crippen molar-refractivity contribution in [2.75, 3.05) is 7.11 Å². The van der Waals surface area contributed by atoms with Crippen LogP contribution in [0.5, 0.6) is 0 Å². The van der Waals surface area contributed by atoms with Crippen LogP contribution in [0.15, 0.2) is 10.3 Å². The molecule has 2 rings (SSSR count). The molecule has 0 radical (unpaired) electrons. The Morgan fingerprint density at radius 2 is 2.04 bits per heavy atom. The molecule has 8 heteroatoms. The van der Waals surface area contributed by atoms with Crippen LogP contribution in [0.3, 0.4) is 0 Å². The molecule has 0 unspecified atom stereocenters. The number of rotatable bonds is 4. The zero-order valence-electron chi connectivity index (χ0n) is 14.3. The molecule has 1 aromatic rings. The van der Waals surface area contributed by atoms with Crippen LogP contribution in [-0.2, 0) is 25.3 Å². The lowest BCUT2D eigenvalue weighted by Gasteiger charge is -2.13. The van der Waals surface area contributed by atoms with Gasteiger partial charge in [-0.2, -0.15) is 0 Å². The zero-order chi connectivity index (χ0) is 17.4. The van der Waals surface area contributed by atoms with E-state index in [9.17, 15) is 8.42 Å². The molecule has 0 bridgehead atoms. The van der Waals surface area contributed by atoms with Gasteiger partial charge in [0.25, 0.3) is 0 Å². The molecule has 0 fully saturated rings. The fourth-order valence-corrected chi connectivity index (χ4v) is 5.45. The van der Waals surface area contributed by atoms with Gasteiger partial charge in [-0.15, -0.1) is 11.3 Å². The number of aryl methyl sites for hydroxylation is 2. The first-order valence-electron chi connectivity index (χ1n) is 7.22. The minimum atomic E-state index is -3.53. The summed E-state index contributed by atoms with van der Waals surface area (Å²) >= 11 is 1.56. The molecule has 0 saturated heterocycles. The van der Waals surface area contributed by atoms with Gasteiger partial charge < -0.3 is 9.68 Å². The molecule has 0 saturated carbocycles.